The van der Waals surface area contributed by atoms with E-state index in [1.165, 1.54) is 0 Å². The first-order chi connectivity index (χ1) is 13.2. The first-order valence-corrected chi connectivity index (χ1v) is 8.44. The second-order valence-electron chi connectivity index (χ2n) is 5.94. The van der Waals surface area contributed by atoms with Crippen LogP contribution in [0.25, 0.3) is 0 Å². The molecule has 6 nitrogen and oxygen atoms in total. The number of carbonyl (C=O) groups is 1. The summed E-state index contributed by atoms with van der Waals surface area (Å²) in [5.41, 5.74) is 2.25. The van der Waals surface area contributed by atoms with Gasteiger partial charge in [0, 0.05) is 6.42 Å². The van der Waals surface area contributed by atoms with Crippen LogP contribution in [0.3, 0.4) is 0 Å². The molecule has 1 aliphatic rings. The molecule has 0 saturated heterocycles. The Labute approximate surface area is 156 Å². The van der Waals surface area contributed by atoms with Crippen molar-refractivity contribution in [3.05, 3.63) is 95.5 Å². The Hall–Kier alpha value is -3.67. The maximum Gasteiger partial charge on any atom is 0.236 e. The molecule has 6 heteroatoms. The van der Waals surface area contributed by atoms with Crippen molar-refractivity contribution in [1.29, 1.82) is 0 Å². The summed E-state index contributed by atoms with van der Waals surface area (Å²) in [6, 6.07) is 18.9. The van der Waals surface area contributed by atoms with Crippen molar-refractivity contribution in [3.8, 4) is 0 Å². The van der Waals surface area contributed by atoms with E-state index in [1.54, 1.807) is 12.2 Å². The second kappa shape index (κ2) is 8.62. The number of aliphatic imine (C=N–C) groups is 1. The quantitative estimate of drug-likeness (QED) is 0.432. The number of hydrogen-bond donors (Lipinski definition) is 3. The van der Waals surface area contributed by atoms with Gasteiger partial charge in [-0.25, -0.2) is 4.99 Å². The molecule has 1 heterocycles. The standard InChI is InChI=1S/C21H19N3O3/c25-20-18(13-7-12-17(23-20)14-22-27)24-21(26)19(15-8-3-1-4-9-15)16-10-5-2-6-11-16/h1-11,13-14,19,25,27H,12H2,(H,24,26). The number of amides is 1. The molecular weight excluding hydrogens is 342 g/mol. The first kappa shape index (κ1) is 18.1. The SMILES string of the molecule is O=C(NC1=C(O)N=C(C=NO)CC=C1)C(c1ccccc1)c1ccccc1. The molecule has 0 radical (unpaired) electrons. The van der Waals surface area contributed by atoms with E-state index >= 15 is 0 Å². The highest BCUT2D eigenvalue weighted by molar-refractivity contribution is 6.31. The molecule has 0 aromatic heterocycles. The third kappa shape index (κ3) is 4.49. The monoisotopic (exact) mass is 361 g/mol. The summed E-state index contributed by atoms with van der Waals surface area (Å²) in [6.07, 6.45) is 4.82. The highest BCUT2D eigenvalue weighted by Crippen LogP contribution is 2.25. The number of hydrogen-bond acceptors (Lipinski definition) is 5. The molecule has 0 bridgehead atoms. The fourth-order valence-corrected chi connectivity index (χ4v) is 2.85. The van der Waals surface area contributed by atoms with Gasteiger partial charge in [-0.15, -0.1) is 0 Å². The predicted octanol–water partition coefficient (Wildman–Crippen LogP) is 3.52. The van der Waals surface area contributed by atoms with Crippen LogP contribution in [0.4, 0.5) is 0 Å². The number of nitrogens with one attached hydrogen (secondary N) is 1. The zero-order chi connectivity index (χ0) is 19.1. The van der Waals surface area contributed by atoms with Crippen LogP contribution in [0.5, 0.6) is 0 Å². The number of oxime groups is 1. The van der Waals surface area contributed by atoms with Crippen molar-refractivity contribution in [2.24, 2.45) is 10.1 Å². The summed E-state index contributed by atoms with van der Waals surface area (Å²) >= 11 is 0. The van der Waals surface area contributed by atoms with Crippen LogP contribution < -0.4 is 5.32 Å². The number of rotatable bonds is 5. The Bertz CT molecular complexity index is 877. The van der Waals surface area contributed by atoms with Crippen molar-refractivity contribution in [3.63, 3.8) is 0 Å². The van der Waals surface area contributed by atoms with E-state index in [9.17, 15) is 9.90 Å². The average Bonchev–Trinajstić information content (AvgIpc) is 2.85. The Balaban J connectivity index is 1.93. The molecule has 1 aliphatic heterocycles. The van der Waals surface area contributed by atoms with Gasteiger partial charge >= 0.3 is 0 Å². The van der Waals surface area contributed by atoms with Crippen molar-refractivity contribution in [2.45, 2.75) is 12.3 Å². The van der Waals surface area contributed by atoms with Crippen LogP contribution in [-0.4, -0.2) is 28.1 Å². The van der Waals surface area contributed by atoms with Gasteiger partial charge in [0.05, 0.1) is 17.8 Å². The van der Waals surface area contributed by atoms with Crippen molar-refractivity contribution >= 4 is 17.8 Å². The van der Waals surface area contributed by atoms with E-state index in [1.807, 2.05) is 60.7 Å². The van der Waals surface area contributed by atoms with Crippen LogP contribution in [0, 0.1) is 0 Å². The van der Waals surface area contributed by atoms with Crippen molar-refractivity contribution in [1.82, 2.24) is 5.32 Å². The smallest absolute Gasteiger partial charge is 0.236 e. The van der Waals surface area contributed by atoms with E-state index in [2.05, 4.69) is 15.5 Å². The summed E-state index contributed by atoms with van der Waals surface area (Å²) in [5.74, 6) is -1.16. The number of allylic oxidation sites excluding steroid dienone is 2. The zero-order valence-electron chi connectivity index (χ0n) is 14.5. The molecule has 2 aromatic rings. The van der Waals surface area contributed by atoms with E-state index < -0.39 is 5.92 Å². The largest absolute Gasteiger partial charge is 0.492 e. The minimum atomic E-state index is -0.535. The Morgan fingerprint density at radius 3 is 2.22 bits per heavy atom. The predicted molar refractivity (Wildman–Crippen MR) is 104 cm³/mol. The van der Waals surface area contributed by atoms with Crippen LogP contribution in [0.1, 0.15) is 23.5 Å². The van der Waals surface area contributed by atoms with E-state index in [0.29, 0.717) is 12.1 Å². The maximum atomic E-state index is 13.1. The third-order valence-corrected chi connectivity index (χ3v) is 4.09. The van der Waals surface area contributed by atoms with Crippen LogP contribution in [0.15, 0.2) is 94.5 Å². The fraction of sp³-hybridized carbons (Fsp3) is 0.0952. The van der Waals surface area contributed by atoms with Crippen LogP contribution in [-0.2, 0) is 4.79 Å². The molecule has 0 saturated carbocycles. The van der Waals surface area contributed by atoms with Gasteiger partial charge in [-0.05, 0) is 17.2 Å². The molecule has 1 amide bonds. The molecule has 2 aromatic carbocycles. The van der Waals surface area contributed by atoms with Gasteiger partial charge < -0.3 is 15.6 Å². The number of carbonyl (C=O) groups excluding carboxylic acids is 1. The molecule has 136 valence electrons. The highest BCUT2D eigenvalue weighted by atomic mass is 16.4. The first-order valence-electron chi connectivity index (χ1n) is 8.44. The molecule has 0 unspecified atom stereocenters. The second-order valence-corrected chi connectivity index (χ2v) is 5.94. The summed E-state index contributed by atoms with van der Waals surface area (Å²) in [5, 5.41) is 24.5. The summed E-state index contributed by atoms with van der Waals surface area (Å²) in [6.45, 7) is 0. The van der Waals surface area contributed by atoms with Gasteiger partial charge in [0.25, 0.3) is 0 Å². The third-order valence-electron chi connectivity index (χ3n) is 4.09. The van der Waals surface area contributed by atoms with Gasteiger partial charge in [-0.2, -0.15) is 0 Å². The molecule has 3 rings (SSSR count). The molecule has 0 fully saturated rings. The Kier molecular flexibility index (Phi) is 5.79. The van der Waals surface area contributed by atoms with E-state index in [4.69, 9.17) is 5.21 Å². The van der Waals surface area contributed by atoms with Crippen LogP contribution in [0.2, 0.25) is 0 Å². The zero-order valence-corrected chi connectivity index (χ0v) is 14.5. The normalized spacial score (nSPS) is 14.3. The van der Waals surface area contributed by atoms with Gasteiger partial charge in [-0.3, -0.25) is 4.79 Å². The maximum absolute atomic E-state index is 13.1. The van der Waals surface area contributed by atoms with Crippen LogP contribution >= 0.6 is 0 Å². The number of benzene rings is 2. The van der Waals surface area contributed by atoms with Crippen molar-refractivity contribution in [2.75, 3.05) is 0 Å². The lowest BCUT2D eigenvalue weighted by molar-refractivity contribution is -0.121. The Morgan fingerprint density at radius 2 is 1.67 bits per heavy atom. The molecular formula is C21H19N3O3. The van der Waals surface area contributed by atoms with E-state index in [-0.39, 0.29) is 17.5 Å². The minimum Gasteiger partial charge on any atom is -0.492 e. The Morgan fingerprint density at radius 1 is 1.07 bits per heavy atom. The van der Waals surface area contributed by atoms with Crippen molar-refractivity contribution < 1.29 is 15.1 Å². The van der Waals surface area contributed by atoms with Gasteiger partial charge in [0.15, 0.2) is 0 Å². The molecule has 0 aliphatic carbocycles. The molecule has 0 atom stereocenters. The van der Waals surface area contributed by atoms with E-state index in [0.717, 1.165) is 17.3 Å². The van der Waals surface area contributed by atoms with Gasteiger partial charge in [0.2, 0.25) is 11.8 Å². The number of aliphatic hydroxyl groups is 1. The number of nitrogens with zero attached hydrogens (tertiary/aromatic N) is 2. The summed E-state index contributed by atoms with van der Waals surface area (Å²) in [7, 11) is 0. The number of aliphatic hydroxyl groups excluding tert-OH is 1. The molecule has 0 spiro atoms. The summed E-state index contributed by atoms with van der Waals surface area (Å²) < 4.78 is 0. The average molecular weight is 361 g/mol. The lowest BCUT2D eigenvalue weighted by Crippen LogP contribution is -2.29. The fourth-order valence-electron chi connectivity index (χ4n) is 2.85. The minimum absolute atomic E-state index is 0.193. The van der Waals surface area contributed by atoms with Gasteiger partial charge in [0.1, 0.15) is 5.70 Å². The topological polar surface area (TPSA) is 94.3 Å². The van der Waals surface area contributed by atoms with Gasteiger partial charge in [-0.1, -0.05) is 71.9 Å². The lowest BCUT2D eigenvalue weighted by Gasteiger charge is -2.18. The highest BCUT2D eigenvalue weighted by Gasteiger charge is 2.24. The lowest BCUT2D eigenvalue weighted by atomic mass is 9.90. The summed E-state index contributed by atoms with van der Waals surface area (Å²) in [4.78, 5) is 17.0. The molecule has 3 N–H and O–H groups in total. The molecule has 27 heavy (non-hydrogen) atoms.